The Kier molecular flexibility index (Phi) is 3.24. The van der Waals surface area contributed by atoms with Crippen molar-refractivity contribution in [1.82, 2.24) is 10.4 Å². The van der Waals surface area contributed by atoms with Crippen LogP contribution in [-0.2, 0) is 14.4 Å². The number of ether oxygens (including phenoxy) is 1. The minimum Gasteiger partial charge on any atom is -0.474 e. The summed E-state index contributed by atoms with van der Waals surface area (Å²) in [7, 11) is 1.58. The second-order valence-corrected chi connectivity index (χ2v) is 4.47. The summed E-state index contributed by atoms with van der Waals surface area (Å²) in [5, 5.41) is 4.09. The maximum atomic E-state index is 11.4. The lowest BCUT2D eigenvalue weighted by atomic mass is 10.2. The predicted molar refractivity (Wildman–Crippen MR) is 55.6 cm³/mol. The minimum atomic E-state index is -0.398. The summed E-state index contributed by atoms with van der Waals surface area (Å²) in [5.74, 6) is 0.272. The van der Waals surface area contributed by atoms with E-state index in [0.717, 1.165) is 0 Å². The summed E-state index contributed by atoms with van der Waals surface area (Å²) in [5.41, 5.74) is -0.321. The summed E-state index contributed by atoms with van der Waals surface area (Å²) in [6.07, 6.45) is 0. The van der Waals surface area contributed by atoms with Gasteiger partial charge in [-0.3, -0.25) is 9.63 Å². The molecule has 15 heavy (non-hydrogen) atoms. The molecule has 0 aromatic rings. The lowest BCUT2D eigenvalue weighted by Crippen LogP contribution is -2.39. The van der Waals surface area contributed by atoms with E-state index in [1.165, 1.54) is 5.06 Å². The van der Waals surface area contributed by atoms with E-state index in [-0.39, 0.29) is 11.5 Å². The van der Waals surface area contributed by atoms with E-state index < -0.39 is 6.04 Å². The molecular formula is C10H18N2O3. The molecule has 0 saturated carbocycles. The number of likely N-dealkylation sites (N-methyl/N-ethyl adjacent to an activating group) is 1. The van der Waals surface area contributed by atoms with Crippen molar-refractivity contribution in [3.63, 3.8) is 0 Å². The van der Waals surface area contributed by atoms with E-state index in [1.807, 2.05) is 20.8 Å². The van der Waals surface area contributed by atoms with Gasteiger partial charge in [0.25, 0.3) is 5.91 Å². The van der Waals surface area contributed by atoms with Crippen molar-refractivity contribution in [1.29, 1.82) is 0 Å². The van der Waals surface area contributed by atoms with Crippen LogP contribution in [0.3, 0.4) is 0 Å². The molecule has 1 heterocycles. The Balaban J connectivity index is 2.43. The summed E-state index contributed by atoms with van der Waals surface area (Å²) >= 11 is 0. The van der Waals surface area contributed by atoms with Gasteiger partial charge in [0, 0.05) is 7.05 Å². The molecular weight excluding hydrogens is 196 g/mol. The predicted octanol–water partition coefficient (Wildman–Crippen LogP) is 0.634. The van der Waals surface area contributed by atoms with E-state index >= 15 is 0 Å². The van der Waals surface area contributed by atoms with Gasteiger partial charge in [0.2, 0.25) is 0 Å². The smallest absolute Gasteiger partial charge is 0.270 e. The van der Waals surface area contributed by atoms with Gasteiger partial charge in [-0.25, -0.2) is 5.06 Å². The number of carbonyl (C=O) groups is 1. The molecule has 1 N–H and O–H groups in total. The lowest BCUT2D eigenvalue weighted by Gasteiger charge is -2.24. The first-order valence-electron chi connectivity index (χ1n) is 4.84. The third-order valence-electron chi connectivity index (χ3n) is 1.81. The zero-order valence-electron chi connectivity index (χ0n) is 9.66. The van der Waals surface area contributed by atoms with E-state index in [2.05, 4.69) is 11.9 Å². The van der Waals surface area contributed by atoms with Gasteiger partial charge in [-0.1, -0.05) is 0 Å². The fourth-order valence-electron chi connectivity index (χ4n) is 1.24. The van der Waals surface area contributed by atoms with Crippen molar-refractivity contribution in [3.05, 3.63) is 12.5 Å². The monoisotopic (exact) mass is 214 g/mol. The molecule has 1 rings (SSSR count). The van der Waals surface area contributed by atoms with E-state index in [1.54, 1.807) is 7.05 Å². The topological polar surface area (TPSA) is 50.8 Å². The molecule has 1 amide bonds. The van der Waals surface area contributed by atoms with Gasteiger partial charge in [-0.2, -0.15) is 0 Å². The molecule has 1 aliphatic heterocycles. The van der Waals surface area contributed by atoms with Crippen molar-refractivity contribution < 1.29 is 14.4 Å². The first-order chi connectivity index (χ1) is 6.79. The third kappa shape index (κ3) is 3.43. The highest BCUT2D eigenvalue weighted by atomic mass is 16.7. The molecule has 1 saturated heterocycles. The molecule has 0 aromatic carbocycles. The molecule has 1 fully saturated rings. The van der Waals surface area contributed by atoms with Gasteiger partial charge in [-0.05, 0) is 27.4 Å². The lowest BCUT2D eigenvalue weighted by molar-refractivity contribution is -0.154. The van der Waals surface area contributed by atoms with Crippen LogP contribution < -0.4 is 5.32 Å². The van der Waals surface area contributed by atoms with Crippen LogP contribution in [0.2, 0.25) is 0 Å². The maximum Gasteiger partial charge on any atom is 0.270 e. The first kappa shape index (κ1) is 11.8. The molecule has 1 atom stereocenters. The number of nitrogens with one attached hydrogen (secondary N) is 1. The average Bonchev–Trinajstić information content (AvgIpc) is 2.32. The fourth-order valence-corrected chi connectivity index (χ4v) is 1.24. The van der Waals surface area contributed by atoms with Crippen LogP contribution >= 0.6 is 0 Å². The Bertz CT molecular complexity index is 270. The van der Waals surface area contributed by atoms with Gasteiger partial charge in [0.1, 0.15) is 18.2 Å². The molecule has 0 bridgehead atoms. The number of hydroxylamine groups is 2. The Labute approximate surface area is 90.0 Å². The number of hydrogen-bond donors (Lipinski definition) is 1. The normalized spacial score (nSPS) is 21.7. The van der Waals surface area contributed by atoms with Gasteiger partial charge in [-0.15, -0.1) is 0 Å². The molecule has 0 aliphatic carbocycles. The van der Waals surface area contributed by atoms with Gasteiger partial charge < -0.3 is 10.1 Å². The highest BCUT2D eigenvalue weighted by Gasteiger charge is 2.31. The number of hydrogen-bond acceptors (Lipinski definition) is 4. The van der Waals surface area contributed by atoms with Crippen LogP contribution in [0.4, 0.5) is 0 Å². The second-order valence-electron chi connectivity index (χ2n) is 4.47. The Morgan fingerprint density at radius 3 is 2.67 bits per heavy atom. The summed E-state index contributed by atoms with van der Waals surface area (Å²) in [6.45, 7) is 9.76. The van der Waals surface area contributed by atoms with Crippen LogP contribution in [0.15, 0.2) is 12.5 Å². The van der Waals surface area contributed by atoms with E-state index in [9.17, 15) is 4.79 Å². The Morgan fingerprint density at radius 1 is 1.67 bits per heavy atom. The van der Waals surface area contributed by atoms with Crippen molar-refractivity contribution in [2.24, 2.45) is 0 Å². The van der Waals surface area contributed by atoms with Crippen LogP contribution in [-0.4, -0.2) is 36.3 Å². The number of rotatable bonds is 3. The molecule has 0 aromatic heterocycles. The summed E-state index contributed by atoms with van der Waals surface area (Å²) in [4.78, 5) is 16.5. The number of amides is 1. The Hall–Kier alpha value is -1.23. The van der Waals surface area contributed by atoms with Crippen molar-refractivity contribution in [2.75, 3.05) is 13.7 Å². The highest BCUT2D eigenvalue weighted by Crippen LogP contribution is 2.12. The van der Waals surface area contributed by atoms with Crippen LogP contribution in [0, 0.1) is 0 Å². The summed E-state index contributed by atoms with van der Waals surface area (Å²) < 4.78 is 5.45. The first-order valence-corrected chi connectivity index (χ1v) is 4.84. The fraction of sp³-hybridized carbons (Fsp3) is 0.700. The molecule has 0 radical (unpaired) electrons. The van der Waals surface area contributed by atoms with Crippen LogP contribution in [0.5, 0.6) is 0 Å². The van der Waals surface area contributed by atoms with E-state index in [0.29, 0.717) is 12.5 Å². The van der Waals surface area contributed by atoms with Crippen molar-refractivity contribution in [2.45, 2.75) is 32.4 Å². The minimum absolute atomic E-state index is 0.117. The molecule has 5 heteroatoms. The molecule has 86 valence electrons. The SMILES string of the molecule is C=C(NC1CON(C)C1=O)OC(C)(C)C. The quantitative estimate of drug-likeness (QED) is 0.700. The standard InChI is InChI=1S/C10H18N2O3/c1-7(15-10(2,3)4)11-8-6-14-12(5)9(8)13/h8,11H,1,6H2,2-5H3. The number of carbonyl (C=O) groups excluding carboxylic acids is 1. The van der Waals surface area contributed by atoms with Gasteiger partial charge in [0.15, 0.2) is 5.88 Å². The van der Waals surface area contributed by atoms with E-state index in [4.69, 9.17) is 9.57 Å². The maximum absolute atomic E-state index is 11.4. The second kappa shape index (κ2) is 4.10. The molecule has 5 nitrogen and oxygen atoms in total. The average molecular weight is 214 g/mol. The zero-order chi connectivity index (χ0) is 11.6. The van der Waals surface area contributed by atoms with Crippen LogP contribution in [0.25, 0.3) is 0 Å². The van der Waals surface area contributed by atoms with Crippen LogP contribution in [0.1, 0.15) is 20.8 Å². The number of nitrogens with zero attached hydrogens (tertiary/aromatic N) is 1. The Morgan fingerprint density at radius 2 is 2.27 bits per heavy atom. The summed E-state index contributed by atoms with van der Waals surface area (Å²) in [6, 6.07) is -0.398. The van der Waals surface area contributed by atoms with Crippen molar-refractivity contribution >= 4 is 5.91 Å². The third-order valence-corrected chi connectivity index (χ3v) is 1.81. The van der Waals surface area contributed by atoms with Gasteiger partial charge in [0.05, 0.1) is 0 Å². The molecule has 1 unspecified atom stereocenters. The molecule has 1 aliphatic rings. The molecule has 0 spiro atoms. The largest absolute Gasteiger partial charge is 0.474 e. The van der Waals surface area contributed by atoms with Crippen molar-refractivity contribution in [3.8, 4) is 0 Å². The van der Waals surface area contributed by atoms with Gasteiger partial charge >= 0.3 is 0 Å². The highest BCUT2D eigenvalue weighted by molar-refractivity contribution is 5.82. The zero-order valence-corrected chi connectivity index (χ0v) is 9.66.